The monoisotopic (exact) mass is 316 g/mol. The first-order chi connectivity index (χ1) is 10.8. The van der Waals surface area contributed by atoms with Crippen molar-refractivity contribution < 1.29 is 4.74 Å². The van der Waals surface area contributed by atoms with E-state index in [0.29, 0.717) is 24.7 Å². The molecule has 0 spiro atoms. The number of ether oxygens (including phenoxy) is 1. The quantitative estimate of drug-likeness (QED) is 0.741. The Kier molecular flexibility index (Phi) is 4.40. The molecule has 0 bridgehead atoms. The van der Waals surface area contributed by atoms with Gasteiger partial charge in [-0.15, -0.1) is 15.3 Å². The second kappa shape index (κ2) is 6.63. The maximum atomic E-state index is 5.74. The summed E-state index contributed by atoms with van der Waals surface area (Å²) in [5.41, 5.74) is 7.41. The molecule has 2 heterocycles. The van der Waals surface area contributed by atoms with Gasteiger partial charge in [0.15, 0.2) is 0 Å². The highest BCUT2D eigenvalue weighted by Crippen LogP contribution is 2.18. The molecule has 0 fully saturated rings. The van der Waals surface area contributed by atoms with Crippen LogP contribution in [0.25, 0.3) is 5.13 Å². The Morgan fingerprint density at radius 2 is 2.00 bits per heavy atom. The number of rotatable bonds is 6. The fraction of sp³-hybridized carbons (Fsp3) is 0.286. The Morgan fingerprint density at radius 3 is 2.68 bits per heavy atom. The number of aromatic nitrogens is 5. The van der Waals surface area contributed by atoms with Gasteiger partial charge in [0.1, 0.15) is 16.5 Å². The van der Waals surface area contributed by atoms with E-state index in [9.17, 15) is 0 Å². The molecule has 0 saturated heterocycles. The topological polar surface area (TPSA) is 91.7 Å². The van der Waals surface area contributed by atoms with Crippen molar-refractivity contribution in [2.24, 2.45) is 5.73 Å². The normalized spacial score (nSPS) is 10.8. The van der Waals surface area contributed by atoms with Gasteiger partial charge in [-0.3, -0.25) is 0 Å². The first-order valence-electron chi connectivity index (χ1n) is 6.90. The summed E-state index contributed by atoms with van der Waals surface area (Å²) in [7, 11) is 0. The predicted molar refractivity (Wildman–Crippen MR) is 83.1 cm³/mol. The van der Waals surface area contributed by atoms with Gasteiger partial charge in [0.2, 0.25) is 5.13 Å². The van der Waals surface area contributed by atoms with Crippen LogP contribution in [0.4, 0.5) is 0 Å². The van der Waals surface area contributed by atoms with E-state index in [0.717, 1.165) is 22.1 Å². The number of hydrogen-bond acceptors (Lipinski definition) is 7. The number of para-hydroxylation sites is 1. The van der Waals surface area contributed by atoms with Crippen LogP contribution in [0.2, 0.25) is 0 Å². The molecule has 1 aromatic carbocycles. The van der Waals surface area contributed by atoms with Crippen molar-refractivity contribution in [1.29, 1.82) is 0 Å². The second-order valence-electron chi connectivity index (χ2n) is 4.61. The molecule has 8 heteroatoms. The molecule has 0 aliphatic carbocycles. The van der Waals surface area contributed by atoms with Crippen LogP contribution in [0.1, 0.15) is 16.4 Å². The highest BCUT2D eigenvalue weighted by atomic mass is 32.1. The van der Waals surface area contributed by atoms with Crippen molar-refractivity contribution in [2.45, 2.75) is 19.9 Å². The van der Waals surface area contributed by atoms with Crippen molar-refractivity contribution in [3.05, 3.63) is 46.7 Å². The fourth-order valence-corrected chi connectivity index (χ4v) is 2.71. The minimum atomic E-state index is 0.332. The molecule has 0 aliphatic rings. The Labute approximate surface area is 131 Å². The van der Waals surface area contributed by atoms with Gasteiger partial charge in [-0.2, -0.15) is 4.68 Å². The summed E-state index contributed by atoms with van der Waals surface area (Å²) in [4.78, 5) is 0. The number of nitrogens with two attached hydrogens (primary N) is 1. The number of hydrogen-bond donors (Lipinski definition) is 1. The standard InChI is InChI=1S/C14H16N6OS/c1-10-16-18-14(22-10)20-13(12(9-15)17-19-20)7-8-21-11-5-3-2-4-6-11/h2-6H,7-9,15H2,1H3. The largest absolute Gasteiger partial charge is 0.493 e. The highest BCUT2D eigenvalue weighted by Gasteiger charge is 2.16. The van der Waals surface area contributed by atoms with Gasteiger partial charge in [-0.05, 0) is 19.1 Å². The van der Waals surface area contributed by atoms with Gasteiger partial charge in [-0.1, -0.05) is 34.7 Å². The van der Waals surface area contributed by atoms with Crippen LogP contribution >= 0.6 is 11.3 Å². The maximum Gasteiger partial charge on any atom is 0.234 e. The zero-order valence-corrected chi connectivity index (χ0v) is 13.0. The zero-order valence-electron chi connectivity index (χ0n) is 12.1. The van der Waals surface area contributed by atoms with E-state index in [1.807, 2.05) is 37.3 Å². The van der Waals surface area contributed by atoms with Crippen molar-refractivity contribution in [1.82, 2.24) is 25.2 Å². The average molecular weight is 316 g/mol. The Hall–Kier alpha value is -2.32. The first-order valence-corrected chi connectivity index (χ1v) is 7.71. The number of aryl methyl sites for hydroxylation is 1. The molecule has 0 radical (unpaired) electrons. The molecule has 0 saturated carbocycles. The average Bonchev–Trinajstić information content (AvgIpc) is 3.14. The van der Waals surface area contributed by atoms with Crippen LogP contribution in [-0.2, 0) is 13.0 Å². The van der Waals surface area contributed by atoms with E-state index in [1.54, 1.807) is 4.68 Å². The lowest BCUT2D eigenvalue weighted by Gasteiger charge is -2.07. The third kappa shape index (κ3) is 3.12. The predicted octanol–water partition coefficient (Wildman–Crippen LogP) is 1.51. The molecule has 0 aliphatic heterocycles. The third-order valence-corrected chi connectivity index (χ3v) is 3.90. The molecule has 7 nitrogen and oxygen atoms in total. The number of benzene rings is 1. The van der Waals surface area contributed by atoms with Crippen molar-refractivity contribution in [3.63, 3.8) is 0 Å². The molecule has 3 aromatic rings. The summed E-state index contributed by atoms with van der Waals surface area (Å²) in [5.74, 6) is 0.836. The van der Waals surface area contributed by atoms with Gasteiger partial charge >= 0.3 is 0 Å². The van der Waals surface area contributed by atoms with E-state index in [1.165, 1.54) is 11.3 Å². The molecule has 114 valence electrons. The van der Waals surface area contributed by atoms with Crippen molar-refractivity contribution in [3.8, 4) is 10.9 Å². The van der Waals surface area contributed by atoms with Gasteiger partial charge in [-0.25, -0.2) is 0 Å². The van der Waals surface area contributed by atoms with E-state index < -0.39 is 0 Å². The summed E-state index contributed by atoms with van der Waals surface area (Å²) in [6.07, 6.45) is 0.646. The van der Waals surface area contributed by atoms with Crippen molar-refractivity contribution >= 4 is 11.3 Å². The summed E-state index contributed by atoms with van der Waals surface area (Å²) in [6.45, 7) is 2.75. The lowest BCUT2D eigenvalue weighted by molar-refractivity contribution is 0.319. The molecule has 0 amide bonds. The van der Waals surface area contributed by atoms with Gasteiger partial charge < -0.3 is 10.5 Å². The first kappa shape index (κ1) is 14.6. The Bertz CT molecular complexity index is 739. The van der Waals surface area contributed by atoms with Gasteiger partial charge in [0.05, 0.1) is 12.3 Å². The van der Waals surface area contributed by atoms with Gasteiger partial charge in [0, 0.05) is 13.0 Å². The molecule has 0 unspecified atom stereocenters. The lowest BCUT2D eigenvalue weighted by atomic mass is 10.2. The fourth-order valence-electron chi connectivity index (χ4n) is 2.05. The molecule has 3 rings (SSSR count). The van der Waals surface area contributed by atoms with E-state index >= 15 is 0 Å². The van der Waals surface area contributed by atoms with E-state index in [2.05, 4.69) is 20.5 Å². The Morgan fingerprint density at radius 1 is 1.18 bits per heavy atom. The molecule has 2 aromatic heterocycles. The minimum Gasteiger partial charge on any atom is -0.493 e. The summed E-state index contributed by atoms with van der Waals surface area (Å²) < 4.78 is 7.43. The molecular formula is C14H16N6OS. The van der Waals surface area contributed by atoms with Crippen LogP contribution < -0.4 is 10.5 Å². The highest BCUT2D eigenvalue weighted by molar-refractivity contribution is 7.13. The molecule has 2 N–H and O–H groups in total. The summed E-state index contributed by atoms with van der Waals surface area (Å²) in [5, 5.41) is 17.9. The smallest absolute Gasteiger partial charge is 0.234 e. The second-order valence-corrected chi connectivity index (χ2v) is 5.77. The SMILES string of the molecule is Cc1nnc(-n2nnc(CN)c2CCOc2ccccc2)s1. The van der Waals surface area contributed by atoms with E-state index in [4.69, 9.17) is 10.5 Å². The van der Waals surface area contributed by atoms with Gasteiger partial charge in [0.25, 0.3) is 0 Å². The minimum absolute atomic E-state index is 0.332. The summed E-state index contributed by atoms with van der Waals surface area (Å²) in [6, 6.07) is 9.68. The third-order valence-electron chi connectivity index (χ3n) is 3.08. The van der Waals surface area contributed by atoms with Crippen molar-refractivity contribution in [2.75, 3.05) is 6.61 Å². The maximum absolute atomic E-state index is 5.74. The molecule has 0 atom stereocenters. The summed E-state index contributed by atoms with van der Waals surface area (Å²) >= 11 is 1.47. The molecular weight excluding hydrogens is 300 g/mol. The molecule has 22 heavy (non-hydrogen) atoms. The van der Waals surface area contributed by atoms with E-state index in [-0.39, 0.29) is 0 Å². The van der Waals surface area contributed by atoms with Crippen LogP contribution in [0.15, 0.2) is 30.3 Å². The zero-order chi connectivity index (χ0) is 15.4. The van der Waals surface area contributed by atoms with Crippen LogP contribution in [-0.4, -0.2) is 31.8 Å². The van der Waals surface area contributed by atoms with Crippen LogP contribution in [0, 0.1) is 6.92 Å². The Balaban J connectivity index is 1.76. The van der Waals surface area contributed by atoms with Crippen LogP contribution in [0.5, 0.6) is 5.75 Å². The lowest BCUT2D eigenvalue weighted by Crippen LogP contribution is -2.11. The number of nitrogens with zero attached hydrogens (tertiary/aromatic N) is 5. The van der Waals surface area contributed by atoms with Crippen LogP contribution in [0.3, 0.4) is 0 Å².